The topological polar surface area (TPSA) is 66.5 Å². The van der Waals surface area contributed by atoms with Crippen molar-refractivity contribution in [2.75, 3.05) is 10.2 Å². The van der Waals surface area contributed by atoms with Gasteiger partial charge >= 0.3 is 0 Å². The quantitative estimate of drug-likeness (QED) is 0.518. The second-order valence-electron chi connectivity index (χ2n) is 6.55. The Morgan fingerprint density at radius 2 is 1.66 bits per heavy atom. The van der Waals surface area contributed by atoms with Crippen LogP contribution in [0.4, 0.5) is 11.4 Å². The van der Waals surface area contributed by atoms with Crippen molar-refractivity contribution >= 4 is 56.6 Å². The first-order valence-corrected chi connectivity index (χ1v) is 9.89. The molecule has 3 aromatic carbocycles. The molecule has 1 aliphatic rings. The SMILES string of the molecule is Cc1c(Cl)cccc1NC(=O)c1ccc(N2C(=O)c3ccc(Br)cc3C2=O)cc1. The molecule has 4 rings (SSSR count). The highest BCUT2D eigenvalue weighted by Crippen LogP contribution is 2.30. The predicted molar refractivity (Wildman–Crippen MR) is 116 cm³/mol. The van der Waals surface area contributed by atoms with Crippen molar-refractivity contribution in [3.05, 3.63) is 92.4 Å². The highest BCUT2D eigenvalue weighted by Gasteiger charge is 2.36. The molecule has 0 radical (unpaired) electrons. The summed E-state index contributed by atoms with van der Waals surface area (Å²) in [7, 11) is 0. The zero-order valence-corrected chi connectivity index (χ0v) is 17.5. The van der Waals surface area contributed by atoms with Crippen LogP contribution in [-0.2, 0) is 0 Å². The number of carbonyl (C=O) groups is 3. The van der Waals surface area contributed by atoms with E-state index in [1.165, 1.54) is 0 Å². The van der Waals surface area contributed by atoms with E-state index < -0.39 is 5.91 Å². The molecule has 1 heterocycles. The summed E-state index contributed by atoms with van der Waals surface area (Å²) in [6, 6.07) is 16.6. The van der Waals surface area contributed by atoms with Gasteiger partial charge in [0.1, 0.15) is 0 Å². The van der Waals surface area contributed by atoms with Crippen LogP contribution in [0.5, 0.6) is 0 Å². The lowest BCUT2D eigenvalue weighted by Gasteiger charge is -2.14. The van der Waals surface area contributed by atoms with Crippen LogP contribution in [0.2, 0.25) is 5.02 Å². The average Bonchev–Trinajstić information content (AvgIpc) is 2.95. The predicted octanol–water partition coefficient (Wildman–Crippen LogP) is 5.46. The smallest absolute Gasteiger partial charge is 0.266 e. The zero-order valence-electron chi connectivity index (χ0n) is 15.2. The summed E-state index contributed by atoms with van der Waals surface area (Å²) in [4.78, 5) is 39.0. The highest BCUT2D eigenvalue weighted by molar-refractivity contribution is 9.10. The largest absolute Gasteiger partial charge is 0.322 e. The first kappa shape index (κ1) is 19.4. The molecule has 3 aromatic rings. The van der Waals surface area contributed by atoms with Crippen LogP contribution in [0.1, 0.15) is 36.6 Å². The average molecular weight is 470 g/mol. The Kier molecular flexibility index (Phi) is 4.98. The monoisotopic (exact) mass is 468 g/mol. The van der Waals surface area contributed by atoms with Gasteiger partial charge in [-0.3, -0.25) is 14.4 Å². The maximum atomic E-state index is 12.7. The van der Waals surface area contributed by atoms with Gasteiger partial charge in [0, 0.05) is 20.7 Å². The maximum Gasteiger partial charge on any atom is 0.266 e. The second-order valence-corrected chi connectivity index (χ2v) is 7.87. The van der Waals surface area contributed by atoms with Crippen molar-refractivity contribution in [1.29, 1.82) is 0 Å². The molecule has 0 aliphatic carbocycles. The number of fused-ring (bicyclic) bond motifs is 1. The number of imide groups is 1. The summed E-state index contributed by atoms with van der Waals surface area (Å²) < 4.78 is 0.725. The number of nitrogens with one attached hydrogen (secondary N) is 1. The van der Waals surface area contributed by atoms with Crippen molar-refractivity contribution in [3.63, 3.8) is 0 Å². The van der Waals surface area contributed by atoms with Gasteiger partial charge in [0.2, 0.25) is 0 Å². The Morgan fingerprint density at radius 3 is 2.38 bits per heavy atom. The van der Waals surface area contributed by atoms with Crippen LogP contribution in [0, 0.1) is 6.92 Å². The lowest BCUT2D eigenvalue weighted by Crippen LogP contribution is -2.29. The minimum absolute atomic E-state index is 0.312. The van der Waals surface area contributed by atoms with Crippen LogP contribution in [0.15, 0.2) is 65.1 Å². The van der Waals surface area contributed by atoms with Gasteiger partial charge in [-0.1, -0.05) is 33.6 Å². The number of benzene rings is 3. The molecule has 144 valence electrons. The normalized spacial score (nSPS) is 12.9. The summed E-state index contributed by atoms with van der Waals surface area (Å²) in [5.74, 6) is -1.09. The van der Waals surface area contributed by atoms with Crippen LogP contribution in [0.3, 0.4) is 0 Å². The number of halogens is 2. The summed E-state index contributed by atoms with van der Waals surface area (Å²) >= 11 is 9.40. The van der Waals surface area contributed by atoms with Gasteiger partial charge in [-0.05, 0) is 67.1 Å². The lowest BCUT2D eigenvalue weighted by molar-refractivity contribution is 0.0925. The van der Waals surface area contributed by atoms with Gasteiger partial charge in [-0.25, -0.2) is 4.90 Å². The highest BCUT2D eigenvalue weighted by atomic mass is 79.9. The molecule has 29 heavy (non-hydrogen) atoms. The van der Waals surface area contributed by atoms with Gasteiger partial charge in [0.05, 0.1) is 16.8 Å². The van der Waals surface area contributed by atoms with Crippen molar-refractivity contribution in [1.82, 2.24) is 0 Å². The number of hydrogen-bond donors (Lipinski definition) is 1. The van der Waals surface area contributed by atoms with E-state index in [1.54, 1.807) is 60.7 Å². The molecule has 3 amide bonds. The lowest BCUT2D eigenvalue weighted by atomic mass is 10.1. The molecule has 0 aromatic heterocycles. The van der Waals surface area contributed by atoms with Gasteiger partial charge in [-0.15, -0.1) is 0 Å². The van der Waals surface area contributed by atoms with E-state index in [0.29, 0.717) is 33.1 Å². The van der Waals surface area contributed by atoms with E-state index in [-0.39, 0.29) is 11.8 Å². The van der Waals surface area contributed by atoms with E-state index in [0.717, 1.165) is 14.9 Å². The van der Waals surface area contributed by atoms with Crippen molar-refractivity contribution in [2.45, 2.75) is 6.92 Å². The van der Waals surface area contributed by atoms with Crippen LogP contribution in [0.25, 0.3) is 0 Å². The fourth-order valence-electron chi connectivity index (χ4n) is 3.15. The summed E-state index contributed by atoms with van der Waals surface area (Å²) in [5, 5.41) is 3.38. The minimum Gasteiger partial charge on any atom is -0.322 e. The fourth-order valence-corrected chi connectivity index (χ4v) is 3.68. The van der Waals surface area contributed by atoms with E-state index in [2.05, 4.69) is 21.2 Å². The number of carbonyl (C=O) groups excluding carboxylic acids is 3. The molecule has 0 saturated carbocycles. The third-order valence-corrected chi connectivity index (χ3v) is 5.65. The van der Waals surface area contributed by atoms with Crippen LogP contribution >= 0.6 is 27.5 Å². The van der Waals surface area contributed by atoms with Gasteiger partial charge in [-0.2, -0.15) is 0 Å². The maximum absolute atomic E-state index is 12.7. The number of nitrogens with zero attached hydrogens (tertiary/aromatic N) is 1. The Morgan fingerprint density at radius 1 is 0.966 bits per heavy atom. The van der Waals surface area contributed by atoms with Crippen LogP contribution < -0.4 is 10.2 Å². The van der Waals surface area contributed by atoms with Crippen molar-refractivity contribution < 1.29 is 14.4 Å². The molecule has 5 nitrogen and oxygen atoms in total. The summed E-state index contributed by atoms with van der Waals surface area (Å²) in [6.45, 7) is 1.82. The van der Waals surface area contributed by atoms with E-state index in [9.17, 15) is 14.4 Å². The van der Waals surface area contributed by atoms with E-state index in [1.807, 2.05) is 6.92 Å². The van der Waals surface area contributed by atoms with Crippen molar-refractivity contribution in [2.24, 2.45) is 0 Å². The Labute approximate surface area is 180 Å². The Hall–Kier alpha value is -2.96. The molecule has 7 heteroatoms. The van der Waals surface area contributed by atoms with Crippen molar-refractivity contribution in [3.8, 4) is 0 Å². The van der Waals surface area contributed by atoms with E-state index >= 15 is 0 Å². The third-order valence-electron chi connectivity index (χ3n) is 4.75. The third kappa shape index (κ3) is 3.45. The molecule has 0 atom stereocenters. The molecule has 1 aliphatic heterocycles. The molecule has 0 spiro atoms. The molecule has 0 bridgehead atoms. The number of rotatable bonds is 3. The number of amides is 3. The molecule has 1 N–H and O–H groups in total. The molecular weight excluding hydrogens is 456 g/mol. The molecule has 0 fully saturated rings. The Bertz CT molecular complexity index is 1180. The first-order chi connectivity index (χ1) is 13.9. The van der Waals surface area contributed by atoms with Gasteiger partial charge < -0.3 is 5.32 Å². The van der Waals surface area contributed by atoms with Gasteiger partial charge in [0.15, 0.2) is 0 Å². The standard InChI is InChI=1S/C22H14BrClN2O3/c1-12-18(24)3-2-4-19(12)25-20(27)13-5-8-15(9-6-13)26-21(28)16-10-7-14(23)11-17(16)22(26)29/h2-11H,1H3,(H,25,27). The second kappa shape index (κ2) is 7.46. The summed E-state index contributed by atoms with van der Waals surface area (Å²) in [5.41, 5.74) is 2.91. The van der Waals surface area contributed by atoms with E-state index in [4.69, 9.17) is 11.6 Å². The molecular formula is C22H14BrClN2O3. The Balaban J connectivity index is 1.57. The molecule has 0 saturated heterocycles. The minimum atomic E-state index is -0.391. The number of hydrogen-bond acceptors (Lipinski definition) is 3. The zero-order chi connectivity index (χ0) is 20.7. The molecule has 0 unspecified atom stereocenters. The fraction of sp³-hybridized carbons (Fsp3) is 0.0455. The first-order valence-electron chi connectivity index (χ1n) is 8.71. The van der Waals surface area contributed by atoms with Crippen LogP contribution in [-0.4, -0.2) is 17.7 Å². The number of anilines is 2. The van der Waals surface area contributed by atoms with Gasteiger partial charge in [0.25, 0.3) is 17.7 Å². The summed E-state index contributed by atoms with van der Waals surface area (Å²) in [6.07, 6.45) is 0.